The molecule has 0 saturated heterocycles. The van der Waals surface area contributed by atoms with E-state index in [4.69, 9.17) is 23.2 Å². The molecule has 4 rings (SSSR count). The van der Waals surface area contributed by atoms with Gasteiger partial charge in [0, 0.05) is 26.5 Å². The van der Waals surface area contributed by atoms with Crippen LogP contribution in [0.25, 0.3) is 27.5 Å². The SMILES string of the molecule is O=P(O)(O)c1cccc(-n2c3cc(Cl)ccc3c3ccc(Cl)cc32)c1. The first-order chi connectivity index (χ1) is 11.8. The Kier molecular flexibility index (Phi) is 3.91. The Labute approximate surface area is 153 Å². The van der Waals surface area contributed by atoms with E-state index in [1.54, 1.807) is 12.1 Å². The van der Waals surface area contributed by atoms with Gasteiger partial charge in [-0.25, -0.2) is 0 Å². The van der Waals surface area contributed by atoms with Crippen LogP contribution in [0.3, 0.4) is 0 Å². The first-order valence-corrected chi connectivity index (χ1v) is 9.77. The van der Waals surface area contributed by atoms with Crippen LogP contribution in [-0.4, -0.2) is 14.4 Å². The molecule has 4 nitrogen and oxygen atoms in total. The molecule has 4 aromatic rings. The van der Waals surface area contributed by atoms with Gasteiger partial charge in [-0.1, -0.05) is 41.4 Å². The maximum absolute atomic E-state index is 11.6. The first-order valence-electron chi connectivity index (χ1n) is 7.40. The van der Waals surface area contributed by atoms with Gasteiger partial charge >= 0.3 is 7.60 Å². The van der Waals surface area contributed by atoms with E-state index >= 15 is 0 Å². The number of halogens is 2. The lowest BCUT2D eigenvalue weighted by molar-refractivity contribution is 0.387. The molecule has 7 heteroatoms. The van der Waals surface area contributed by atoms with E-state index in [0.29, 0.717) is 15.7 Å². The van der Waals surface area contributed by atoms with Crippen LogP contribution in [-0.2, 0) is 4.57 Å². The minimum Gasteiger partial charge on any atom is -0.321 e. The molecule has 25 heavy (non-hydrogen) atoms. The zero-order chi connectivity index (χ0) is 17.8. The number of benzene rings is 3. The second kappa shape index (κ2) is 5.87. The van der Waals surface area contributed by atoms with Gasteiger partial charge in [0.2, 0.25) is 0 Å². The Bertz CT molecular complexity index is 1120. The van der Waals surface area contributed by atoms with E-state index in [1.165, 1.54) is 12.1 Å². The van der Waals surface area contributed by atoms with Crippen molar-refractivity contribution in [3.63, 3.8) is 0 Å². The molecule has 0 aliphatic heterocycles. The average Bonchev–Trinajstić information content (AvgIpc) is 2.86. The van der Waals surface area contributed by atoms with E-state index in [-0.39, 0.29) is 5.30 Å². The lowest BCUT2D eigenvalue weighted by Gasteiger charge is -2.11. The van der Waals surface area contributed by atoms with Crippen LogP contribution >= 0.6 is 30.8 Å². The highest BCUT2D eigenvalue weighted by Gasteiger charge is 2.19. The fourth-order valence-electron chi connectivity index (χ4n) is 3.06. The van der Waals surface area contributed by atoms with Gasteiger partial charge in [-0.05, 0) is 42.5 Å². The van der Waals surface area contributed by atoms with Crippen molar-refractivity contribution < 1.29 is 14.4 Å². The lowest BCUT2D eigenvalue weighted by Crippen LogP contribution is -2.06. The third kappa shape index (κ3) is 2.86. The summed E-state index contributed by atoms with van der Waals surface area (Å²) in [4.78, 5) is 19.0. The summed E-state index contributed by atoms with van der Waals surface area (Å²) in [6.07, 6.45) is 0. The Balaban J connectivity index is 2.14. The summed E-state index contributed by atoms with van der Waals surface area (Å²) in [5.41, 5.74) is 2.31. The number of rotatable bonds is 2. The molecule has 0 spiro atoms. The Morgan fingerprint density at radius 3 is 1.88 bits per heavy atom. The Morgan fingerprint density at radius 1 is 0.800 bits per heavy atom. The van der Waals surface area contributed by atoms with E-state index < -0.39 is 7.60 Å². The largest absolute Gasteiger partial charge is 0.356 e. The molecule has 0 atom stereocenters. The highest BCUT2D eigenvalue weighted by molar-refractivity contribution is 7.60. The van der Waals surface area contributed by atoms with Crippen molar-refractivity contribution >= 4 is 57.9 Å². The van der Waals surface area contributed by atoms with Gasteiger partial charge in [0.25, 0.3) is 0 Å². The van der Waals surface area contributed by atoms with Crippen molar-refractivity contribution in [2.24, 2.45) is 0 Å². The highest BCUT2D eigenvalue weighted by atomic mass is 35.5. The van der Waals surface area contributed by atoms with Gasteiger partial charge < -0.3 is 14.4 Å². The summed E-state index contributed by atoms with van der Waals surface area (Å²) in [7, 11) is -4.35. The van der Waals surface area contributed by atoms with Crippen molar-refractivity contribution in [2.75, 3.05) is 0 Å². The molecule has 0 unspecified atom stereocenters. The first kappa shape index (κ1) is 16.6. The molecule has 126 valence electrons. The summed E-state index contributed by atoms with van der Waals surface area (Å²) >= 11 is 12.4. The van der Waals surface area contributed by atoms with E-state index in [0.717, 1.165) is 21.8 Å². The van der Waals surface area contributed by atoms with Gasteiger partial charge in [-0.2, -0.15) is 0 Å². The van der Waals surface area contributed by atoms with Crippen molar-refractivity contribution in [1.82, 2.24) is 4.57 Å². The fourth-order valence-corrected chi connectivity index (χ4v) is 3.97. The molecule has 0 aliphatic carbocycles. The summed E-state index contributed by atoms with van der Waals surface area (Å²) in [5, 5.41) is 3.09. The van der Waals surface area contributed by atoms with Crippen molar-refractivity contribution in [3.8, 4) is 5.69 Å². The third-order valence-electron chi connectivity index (χ3n) is 4.12. The molecule has 0 bridgehead atoms. The van der Waals surface area contributed by atoms with Crippen molar-refractivity contribution in [2.45, 2.75) is 0 Å². The molecule has 2 N–H and O–H groups in total. The molecular weight excluding hydrogens is 380 g/mol. The van der Waals surface area contributed by atoms with E-state index in [2.05, 4.69) is 0 Å². The highest BCUT2D eigenvalue weighted by Crippen LogP contribution is 2.37. The molecule has 3 aromatic carbocycles. The van der Waals surface area contributed by atoms with E-state index in [1.807, 2.05) is 41.0 Å². The molecule has 1 heterocycles. The number of fused-ring (bicyclic) bond motifs is 3. The zero-order valence-corrected chi connectivity index (χ0v) is 15.1. The van der Waals surface area contributed by atoms with Crippen LogP contribution < -0.4 is 5.30 Å². The number of hydrogen-bond acceptors (Lipinski definition) is 1. The van der Waals surface area contributed by atoms with Crippen molar-refractivity contribution in [3.05, 3.63) is 70.7 Å². The minimum absolute atomic E-state index is 0.0379. The van der Waals surface area contributed by atoms with Gasteiger partial charge in [0.1, 0.15) is 0 Å². The average molecular weight is 392 g/mol. The van der Waals surface area contributed by atoms with Crippen LogP contribution in [0.1, 0.15) is 0 Å². The predicted molar refractivity (Wildman–Crippen MR) is 102 cm³/mol. The van der Waals surface area contributed by atoms with E-state index in [9.17, 15) is 14.4 Å². The van der Waals surface area contributed by atoms with Gasteiger partial charge in [-0.3, -0.25) is 4.57 Å². The zero-order valence-electron chi connectivity index (χ0n) is 12.7. The standard InChI is InChI=1S/C18H12Cl2NO3P/c19-11-4-6-15-16-7-5-12(20)9-18(16)21(17(15)8-11)13-2-1-3-14(10-13)25(22,23)24/h1-10H,(H2,22,23,24). The molecule has 0 fully saturated rings. The second-order valence-electron chi connectivity index (χ2n) is 5.72. The Hall–Kier alpha value is -1.81. The maximum atomic E-state index is 11.6. The van der Waals surface area contributed by atoms with Crippen LogP contribution in [0.4, 0.5) is 0 Å². The molecule has 0 saturated carbocycles. The van der Waals surface area contributed by atoms with Crippen molar-refractivity contribution in [1.29, 1.82) is 0 Å². The van der Waals surface area contributed by atoms with Crippen LogP contribution in [0.2, 0.25) is 10.0 Å². The van der Waals surface area contributed by atoms with Gasteiger partial charge in [-0.15, -0.1) is 0 Å². The molecule has 0 amide bonds. The molecule has 0 aliphatic rings. The molecule has 0 radical (unpaired) electrons. The van der Waals surface area contributed by atoms with Crippen LogP contribution in [0.5, 0.6) is 0 Å². The summed E-state index contributed by atoms with van der Waals surface area (Å²) in [6, 6.07) is 17.5. The second-order valence-corrected chi connectivity index (χ2v) is 8.20. The Morgan fingerprint density at radius 2 is 1.36 bits per heavy atom. The summed E-state index contributed by atoms with van der Waals surface area (Å²) in [6.45, 7) is 0. The topological polar surface area (TPSA) is 62.5 Å². The summed E-state index contributed by atoms with van der Waals surface area (Å²) in [5.74, 6) is 0. The van der Waals surface area contributed by atoms with Crippen LogP contribution in [0, 0.1) is 0 Å². The number of nitrogens with zero attached hydrogens (tertiary/aromatic N) is 1. The monoisotopic (exact) mass is 391 g/mol. The number of aromatic nitrogens is 1. The normalized spacial score (nSPS) is 12.2. The van der Waals surface area contributed by atoms with Crippen LogP contribution in [0.15, 0.2) is 60.7 Å². The third-order valence-corrected chi connectivity index (χ3v) is 5.54. The molecule has 1 aromatic heterocycles. The van der Waals surface area contributed by atoms with Gasteiger partial charge in [0.05, 0.1) is 16.3 Å². The quantitative estimate of drug-likeness (QED) is 0.478. The lowest BCUT2D eigenvalue weighted by atomic mass is 10.1. The molecular formula is C18H12Cl2NO3P. The fraction of sp³-hybridized carbons (Fsp3) is 0. The van der Waals surface area contributed by atoms with Gasteiger partial charge in [0.15, 0.2) is 0 Å². The maximum Gasteiger partial charge on any atom is 0.356 e. The number of hydrogen-bond donors (Lipinski definition) is 2. The minimum atomic E-state index is -4.35. The summed E-state index contributed by atoms with van der Waals surface area (Å²) < 4.78 is 13.5. The smallest absolute Gasteiger partial charge is 0.321 e. The predicted octanol–water partition coefficient (Wildman–Crippen LogP) is 4.89.